The van der Waals surface area contributed by atoms with E-state index in [1.165, 1.54) is 16.8 Å². The largest absolute Gasteiger partial charge is 0.307 e. The molecule has 0 aliphatic carbocycles. The Kier molecular flexibility index (Phi) is 4.15. The average molecular weight is 243 g/mol. The third kappa shape index (κ3) is 3.20. The maximum absolute atomic E-state index is 4.45. The zero-order valence-electron chi connectivity index (χ0n) is 11.4. The lowest BCUT2D eigenvalue weighted by molar-refractivity contribution is 0.579. The van der Waals surface area contributed by atoms with E-state index in [2.05, 4.69) is 59.3 Å². The highest BCUT2D eigenvalue weighted by molar-refractivity contribution is 5.22. The molecule has 0 saturated carbocycles. The molecule has 18 heavy (non-hydrogen) atoms. The molecule has 0 unspecified atom stereocenters. The molecular weight excluding hydrogens is 222 g/mol. The fraction of sp³-hybridized carbons (Fsp3) is 0.400. The summed E-state index contributed by atoms with van der Waals surface area (Å²) in [6.07, 6.45) is 0. The van der Waals surface area contributed by atoms with E-state index >= 15 is 0 Å². The summed E-state index contributed by atoms with van der Waals surface area (Å²) in [5.74, 6) is 0. The smallest absolute Gasteiger partial charge is 0.0597 e. The molecule has 2 rings (SSSR count). The van der Waals surface area contributed by atoms with Crippen molar-refractivity contribution in [3.8, 4) is 0 Å². The molecule has 0 bridgehead atoms. The Morgan fingerprint density at radius 1 is 1.17 bits per heavy atom. The van der Waals surface area contributed by atoms with Crippen LogP contribution in [0.3, 0.4) is 0 Å². The molecule has 1 N–H and O–H groups in total. The van der Waals surface area contributed by atoms with Gasteiger partial charge >= 0.3 is 0 Å². The summed E-state index contributed by atoms with van der Waals surface area (Å²) in [4.78, 5) is 0. The summed E-state index contributed by atoms with van der Waals surface area (Å²) in [5, 5.41) is 7.92. The maximum Gasteiger partial charge on any atom is 0.0597 e. The van der Waals surface area contributed by atoms with Crippen molar-refractivity contribution in [2.45, 2.75) is 40.4 Å². The molecule has 2 aromatic rings. The summed E-state index contributed by atoms with van der Waals surface area (Å²) in [7, 11) is 0. The van der Waals surface area contributed by atoms with E-state index in [1.54, 1.807) is 0 Å². The highest BCUT2D eigenvalue weighted by Gasteiger charge is 2.03. The van der Waals surface area contributed by atoms with Gasteiger partial charge in [0, 0.05) is 19.6 Å². The molecule has 0 amide bonds. The summed E-state index contributed by atoms with van der Waals surface area (Å²) in [5.41, 5.74) is 4.98. The Bertz CT molecular complexity index is 514. The van der Waals surface area contributed by atoms with E-state index in [4.69, 9.17) is 0 Å². The minimum absolute atomic E-state index is 0.864. The molecule has 0 fully saturated rings. The minimum atomic E-state index is 0.864. The predicted octanol–water partition coefficient (Wildman–Crippen LogP) is 2.81. The first-order valence-electron chi connectivity index (χ1n) is 6.48. The van der Waals surface area contributed by atoms with Crippen molar-refractivity contribution < 1.29 is 0 Å². The minimum Gasteiger partial charge on any atom is -0.307 e. The van der Waals surface area contributed by atoms with Crippen molar-refractivity contribution in [2.24, 2.45) is 0 Å². The summed E-state index contributed by atoms with van der Waals surface area (Å²) < 4.78 is 2.05. The fourth-order valence-corrected chi connectivity index (χ4v) is 2.17. The van der Waals surface area contributed by atoms with E-state index < -0.39 is 0 Å². The van der Waals surface area contributed by atoms with Gasteiger partial charge in [-0.1, -0.05) is 29.8 Å². The highest BCUT2D eigenvalue weighted by atomic mass is 15.3. The molecule has 3 nitrogen and oxygen atoms in total. The molecule has 96 valence electrons. The number of nitrogens with one attached hydrogen (secondary N) is 1. The second-order valence-corrected chi connectivity index (χ2v) is 4.69. The molecule has 0 aliphatic rings. The first-order valence-corrected chi connectivity index (χ1v) is 6.48. The maximum atomic E-state index is 4.45. The number of aryl methyl sites for hydroxylation is 3. The van der Waals surface area contributed by atoms with Crippen LogP contribution < -0.4 is 5.32 Å². The van der Waals surface area contributed by atoms with Gasteiger partial charge in [-0.3, -0.25) is 4.68 Å². The van der Waals surface area contributed by atoms with E-state index in [1.807, 2.05) is 6.92 Å². The molecule has 1 heterocycles. The van der Waals surface area contributed by atoms with E-state index in [0.29, 0.717) is 0 Å². The molecule has 0 saturated heterocycles. The zero-order chi connectivity index (χ0) is 13.0. The van der Waals surface area contributed by atoms with Crippen LogP contribution in [0.15, 0.2) is 30.3 Å². The standard InChI is InChI=1S/C15H21N3/c1-4-18-15(9-13(3)17-18)11-16-10-14-7-5-6-12(2)8-14/h5-9,16H,4,10-11H2,1-3H3. The van der Waals surface area contributed by atoms with Crippen LogP contribution in [0.25, 0.3) is 0 Å². The summed E-state index contributed by atoms with van der Waals surface area (Å²) in [6.45, 7) is 8.97. The van der Waals surface area contributed by atoms with Crippen LogP contribution in [0.5, 0.6) is 0 Å². The first kappa shape index (κ1) is 12.8. The van der Waals surface area contributed by atoms with Crippen molar-refractivity contribution in [3.63, 3.8) is 0 Å². The third-order valence-electron chi connectivity index (χ3n) is 3.00. The fourth-order valence-electron chi connectivity index (χ4n) is 2.17. The van der Waals surface area contributed by atoms with Gasteiger partial charge in [0.25, 0.3) is 0 Å². The van der Waals surface area contributed by atoms with Gasteiger partial charge in [0.1, 0.15) is 0 Å². The Balaban J connectivity index is 1.92. The second-order valence-electron chi connectivity index (χ2n) is 4.69. The van der Waals surface area contributed by atoms with Crippen LogP contribution in [0, 0.1) is 13.8 Å². The number of hydrogen-bond donors (Lipinski definition) is 1. The molecule has 1 aromatic carbocycles. The van der Waals surface area contributed by atoms with Gasteiger partial charge in [0.05, 0.1) is 11.4 Å². The normalized spacial score (nSPS) is 10.8. The van der Waals surface area contributed by atoms with Gasteiger partial charge in [-0.2, -0.15) is 5.10 Å². The molecule has 0 radical (unpaired) electrons. The molecule has 1 aromatic heterocycles. The topological polar surface area (TPSA) is 29.9 Å². The quantitative estimate of drug-likeness (QED) is 0.875. The van der Waals surface area contributed by atoms with Gasteiger partial charge in [-0.15, -0.1) is 0 Å². The average Bonchev–Trinajstić information content (AvgIpc) is 2.70. The SMILES string of the molecule is CCn1nc(C)cc1CNCc1cccc(C)c1. The van der Waals surface area contributed by atoms with Crippen molar-refractivity contribution in [2.75, 3.05) is 0 Å². The van der Waals surface area contributed by atoms with Crippen LogP contribution in [0.2, 0.25) is 0 Å². The molecule has 0 spiro atoms. The van der Waals surface area contributed by atoms with Gasteiger partial charge in [0.2, 0.25) is 0 Å². The summed E-state index contributed by atoms with van der Waals surface area (Å²) in [6, 6.07) is 10.7. The van der Waals surface area contributed by atoms with E-state index in [9.17, 15) is 0 Å². The Morgan fingerprint density at radius 3 is 2.72 bits per heavy atom. The molecule has 0 aliphatic heterocycles. The van der Waals surface area contributed by atoms with Gasteiger partial charge in [-0.25, -0.2) is 0 Å². The lowest BCUT2D eigenvalue weighted by atomic mass is 10.1. The molecule has 3 heteroatoms. The predicted molar refractivity (Wildman–Crippen MR) is 74.4 cm³/mol. The van der Waals surface area contributed by atoms with Crippen molar-refractivity contribution in [1.29, 1.82) is 0 Å². The monoisotopic (exact) mass is 243 g/mol. The van der Waals surface area contributed by atoms with Crippen LogP contribution in [-0.4, -0.2) is 9.78 Å². The van der Waals surface area contributed by atoms with Gasteiger partial charge in [-0.05, 0) is 32.4 Å². The lowest BCUT2D eigenvalue weighted by Gasteiger charge is -2.07. The number of hydrogen-bond acceptors (Lipinski definition) is 2. The Morgan fingerprint density at radius 2 is 2.00 bits per heavy atom. The number of benzene rings is 1. The number of aromatic nitrogens is 2. The van der Waals surface area contributed by atoms with Crippen molar-refractivity contribution in [3.05, 3.63) is 52.8 Å². The highest BCUT2D eigenvalue weighted by Crippen LogP contribution is 2.06. The van der Waals surface area contributed by atoms with E-state index in [0.717, 1.165) is 25.3 Å². The zero-order valence-corrected chi connectivity index (χ0v) is 11.4. The third-order valence-corrected chi connectivity index (χ3v) is 3.00. The first-order chi connectivity index (χ1) is 8.69. The lowest BCUT2D eigenvalue weighted by Crippen LogP contribution is -2.16. The van der Waals surface area contributed by atoms with Crippen LogP contribution in [0.4, 0.5) is 0 Å². The number of nitrogens with zero attached hydrogens (tertiary/aromatic N) is 2. The van der Waals surface area contributed by atoms with Crippen molar-refractivity contribution >= 4 is 0 Å². The summed E-state index contributed by atoms with van der Waals surface area (Å²) >= 11 is 0. The molecular formula is C15H21N3. The second kappa shape index (κ2) is 5.83. The Hall–Kier alpha value is -1.61. The van der Waals surface area contributed by atoms with Gasteiger partial charge < -0.3 is 5.32 Å². The van der Waals surface area contributed by atoms with Crippen molar-refractivity contribution in [1.82, 2.24) is 15.1 Å². The van der Waals surface area contributed by atoms with Crippen LogP contribution >= 0.6 is 0 Å². The van der Waals surface area contributed by atoms with Crippen LogP contribution in [-0.2, 0) is 19.6 Å². The van der Waals surface area contributed by atoms with E-state index in [-0.39, 0.29) is 0 Å². The molecule has 0 atom stereocenters. The van der Waals surface area contributed by atoms with Crippen LogP contribution in [0.1, 0.15) is 29.4 Å². The number of rotatable bonds is 5. The Labute approximate surface area is 109 Å². The van der Waals surface area contributed by atoms with Gasteiger partial charge in [0.15, 0.2) is 0 Å².